The molecule has 128 valence electrons. The number of aliphatic hydroxyl groups excluding tert-OH is 1. The zero-order valence-corrected chi connectivity index (χ0v) is 14.4. The molecule has 0 unspecified atom stereocenters. The number of hydrogen-bond acceptors (Lipinski definition) is 6. The van der Waals surface area contributed by atoms with Gasteiger partial charge in [-0.05, 0) is 36.1 Å². The zero-order valence-electron chi connectivity index (χ0n) is 12.8. The highest BCUT2D eigenvalue weighted by molar-refractivity contribution is 7.89. The van der Waals surface area contributed by atoms with Gasteiger partial charge in [0.05, 0.1) is 16.5 Å². The fourth-order valence-electron chi connectivity index (χ4n) is 2.31. The first-order chi connectivity index (χ1) is 11.4. The van der Waals surface area contributed by atoms with Gasteiger partial charge in [0.15, 0.2) is 5.58 Å². The molecule has 7 nitrogen and oxygen atoms in total. The van der Waals surface area contributed by atoms with E-state index in [4.69, 9.17) is 4.42 Å². The summed E-state index contributed by atoms with van der Waals surface area (Å²) in [7, 11) is -2.23. The molecule has 0 fully saturated rings. The summed E-state index contributed by atoms with van der Waals surface area (Å²) in [5.74, 6) is -0.549. The lowest BCUT2D eigenvalue weighted by molar-refractivity contribution is 0.173. The molecular weight excluding hydrogens is 352 g/mol. The van der Waals surface area contributed by atoms with Crippen LogP contribution in [0.25, 0.3) is 11.1 Å². The van der Waals surface area contributed by atoms with Gasteiger partial charge in [0.25, 0.3) is 0 Å². The van der Waals surface area contributed by atoms with Crippen LogP contribution in [0.1, 0.15) is 17.4 Å². The number of rotatable bonds is 6. The lowest BCUT2D eigenvalue weighted by atomic mass is 10.2. The number of sulfonamides is 1. The Labute approximate surface area is 142 Å². The van der Waals surface area contributed by atoms with Crippen molar-refractivity contribution in [3.8, 4) is 0 Å². The van der Waals surface area contributed by atoms with Crippen LogP contribution in [-0.4, -0.2) is 24.6 Å². The summed E-state index contributed by atoms with van der Waals surface area (Å²) in [4.78, 5) is 12.3. The van der Waals surface area contributed by atoms with Gasteiger partial charge in [0.2, 0.25) is 10.0 Å². The van der Waals surface area contributed by atoms with Gasteiger partial charge >= 0.3 is 5.76 Å². The first-order valence-electron chi connectivity index (χ1n) is 7.19. The van der Waals surface area contributed by atoms with Gasteiger partial charge in [-0.3, -0.25) is 4.57 Å². The van der Waals surface area contributed by atoms with Crippen molar-refractivity contribution in [2.24, 2.45) is 7.05 Å². The largest absolute Gasteiger partial charge is 0.419 e. The summed E-state index contributed by atoms with van der Waals surface area (Å²) in [5.41, 5.74) is 0.732. The molecule has 0 aliphatic carbocycles. The second kappa shape index (κ2) is 6.52. The Morgan fingerprint density at radius 2 is 2.17 bits per heavy atom. The highest BCUT2D eigenvalue weighted by Gasteiger charge is 2.17. The van der Waals surface area contributed by atoms with Gasteiger partial charge in [-0.15, -0.1) is 11.3 Å². The summed E-state index contributed by atoms with van der Waals surface area (Å²) in [6.07, 6.45) is -0.434. The van der Waals surface area contributed by atoms with Crippen LogP contribution in [0.3, 0.4) is 0 Å². The summed E-state index contributed by atoms with van der Waals surface area (Å²) in [6.45, 7) is 0.101. The van der Waals surface area contributed by atoms with E-state index in [1.807, 2.05) is 11.4 Å². The molecule has 0 amide bonds. The van der Waals surface area contributed by atoms with E-state index < -0.39 is 21.9 Å². The lowest BCUT2D eigenvalue weighted by Gasteiger charge is -2.10. The fraction of sp³-hybridized carbons (Fsp3) is 0.267. The van der Waals surface area contributed by atoms with E-state index in [1.54, 1.807) is 6.07 Å². The minimum absolute atomic E-state index is 0.0389. The summed E-state index contributed by atoms with van der Waals surface area (Å²) in [6, 6.07) is 7.85. The number of nitrogens with one attached hydrogen (secondary N) is 1. The van der Waals surface area contributed by atoms with E-state index in [9.17, 15) is 18.3 Å². The Hall–Kier alpha value is -1.94. The van der Waals surface area contributed by atoms with E-state index >= 15 is 0 Å². The Morgan fingerprint density at radius 3 is 2.88 bits per heavy atom. The van der Waals surface area contributed by atoms with Crippen molar-refractivity contribution >= 4 is 32.5 Å². The van der Waals surface area contributed by atoms with Gasteiger partial charge < -0.3 is 9.52 Å². The van der Waals surface area contributed by atoms with Crippen molar-refractivity contribution < 1.29 is 17.9 Å². The number of oxazole rings is 1. The first kappa shape index (κ1) is 16.9. The number of benzene rings is 1. The Balaban J connectivity index is 1.73. The number of aromatic nitrogens is 1. The van der Waals surface area contributed by atoms with Crippen LogP contribution in [-0.2, 0) is 17.1 Å². The maximum absolute atomic E-state index is 12.4. The SMILES string of the molecule is Cn1c(=O)oc2ccc(S(=O)(=O)NCC[C@H](O)c3cccs3)cc21. The van der Waals surface area contributed by atoms with Gasteiger partial charge in [-0.2, -0.15) is 0 Å². The third-order valence-electron chi connectivity index (χ3n) is 3.65. The Bertz CT molecular complexity index is 1000. The summed E-state index contributed by atoms with van der Waals surface area (Å²) < 4.78 is 33.4. The average molecular weight is 368 g/mol. The molecule has 3 aromatic rings. The van der Waals surface area contributed by atoms with E-state index in [1.165, 1.54) is 41.2 Å². The molecule has 0 saturated heterocycles. The van der Waals surface area contributed by atoms with E-state index in [0.29, 0.717) is 11.1 Å². The molecule has 1 atom stereocenters. The van der Waals surface area contributed by atoms with E-state index in [0.717, 1.165) is 4.88 Å². The van der Waals surface area contributed by atoms with Crippen LogP contribution in [0.15, 0.2) is 49.8 Å². The van der Waals surface area contributed by atoms with Crippen LogP contribution in [0, 0.1) is 0 Å². The molecule has 1 aromatic carbocycles. The molecule has 0 radical (unpaired) electrons. The number of hydrogen-bond donors (Lipinski definition) is 2. The number of aryl methyl sites for hydroxylation is 1. The smallest absolute Gasteiger partial charge is 0.408 e. The zero-order chi connectivity index (χ0) is 17.3. The number of nitrogens with zero attached hydrogens (tertiary/aromatic N) is 1. The molecular formula is C15H16N2O5S2. The average Bonchev–Trinajstić information content (AvgIpc) is 3.16. The highest BCUT2D eigenvalue weighted by atomic mass is 32.2. The van der Waals surface area contributed by atoms with Crippen molar-refractivity contribution in [3.63, 3.8) is 0 Å². The van der Waals surface area contributed by atoms with Gasteiger partial charge in [0, 0.05) is 18.5 Å². The number of fused-ring (bicyclic) bond motifs is 1. The van der Waals surface area contributed by atoms with E-state index in [-0.39, 0.29) is 17.9 Å². The second-order valence-electron chi connectivity index (χ2n) is 5.27. The van der Waals surface area contributed by atoms with Gasteiger partial charge in [-0.25, -0.2) is 17.9 Å². The monoisotopic (exact) mass is 368 g/mol. The van der Waals surface area contributed by atoms with Crippen molar-refractivity contribution in [1.29, 1.82) is 0 Å². The van der Waals surface area contributed by atoms with Gasteiger partial charge in [-0.1, -0.05) is 6.07 Å². The fourth-order valence-corrected chi connectivity index (χ4v) is 4.12. The minimum atomic E-state index is -3.74. The van der Waals surface area contributed by atoms with Crippen LogP contribution in [0.5, 0.6) is 0 Å². The Morgan fingerprint density at radius 1 is 1.38 bits per heavy atom. The highest BCUT2D eigenvalue weighted by Crippen LogP contribution is 2.22. The molecule has 2 aromatic heterocycles. The topological polar surface area (TPSA) is 102 Å². The second-order valence-corrected chi connectivity index (χ2v) is 8.02. The molecule has 3 rings (SSSR count). The Kier molecular flexibility index (Phi) is 4.59. The van der Waals surface area contributed by atoms with Crippen molar-refractivity contribution in [2.45, 2.75) is 17.4 Å². The third kappa shape index (κ3) is 3.29. The lowest BCUT2D eigenvalue weighted by Crippen LogP contribution is -2.26. The van der Waals surface area contributed by atoms with Crippen LogP contribution >= 0.6 is 11.3 Å². The molecule has 0 aliphatic rings. The minimum Gasteiger partial charge on any atom is -0.408 e. The summed E-state index contributed by atoms with van der Waals surface area (Å²) >= 11 is 1.42. The van der Waals surface area contributed by atoms with Crippen LogP contribution in [0.2, 0.25) is 0 Å². The molecule has 0 aliphatic heterocycles. The standard InChI is InChI=1S/C15H16N2O5S2/c1-17-11-9-10(4-5-13(11)22-15(17)19)24(20,21)16-7-6-12(18)14-3-2-8-23-14/h2-5,8-9,12,16,18H,6-7H2,1H3/t12-/m0/s1. The van der Waals surface area contributed by atoms with Crippen LogP contribution in [0.4, 0.5) is 0 Å². The molecule has 0 spiro atoms. The summed E-state index contributed by atoms with van der Waals surface area (Å²) in [5, 5.41) is 11.8. The number of aliphatic hydroxyl groups is 1. The van der Waals surface area contributed by atoms with Crippen molar-refractivity contribution in [1.82, 2.24) is 9.29 Å². The quantitative estimate of drug-likeness (QED) is 0.688. The normalized spacial score (nSPS) is 13.4. The molecule has 2 heterocycles. The van der Waals surface area contributed by atoms with Gasteiger partial charge in [0.1, 0.15) is 0 Å². The van der Waals surface area contributed by atoms with E-state index in [2.05, 4.69) is 4.72 Å². The predicted molar refractivity (Wildman–Crippen MR) is 90.5 cm³/mol. The maximum Gasteiger partial charge on any atom is 0.419 e. The molecule has 24 heavy (non-hydrogen) atoms. The molecule has 2 N–H and O–H groups in total. The predicted octanol–water partition coefficient (Wildman–Crippen LogP) is 1.59. The maximum atomic E-state index is 12.4. The first-order valence-corrected chi connectivity index (χ1v) is 9.55. The molecule has 0 saturated carbocycles. The molecule has 0 bridgehead atoms. The molecule has 9 heteroatoms. The van der Waals surface area contributed by atoms with Crippen LogP contribution < -0.4 is 10.5 Å². The third-order valence-corrected chi connectivity index (χ3v) is 6.09. The van der Waals surface area contributed by atoms with Crippen molar-refractivity contribution in [2.75, 3.05) is 6.54 Å². The van der Waals surface area contributed by atoms with Crippen molar-refractivity contribution in [3.05, 3.63) is 51.1 Å². The number of thiophene rings is 1.